The number of aryl methyl sites for hydroxylation is 1. The summed E-state index contributed by atoms with van der Waals surface area (Å²) in [5, 5.41) is 12.5. The Labute approximate surface area is 179 Å². The molecule has 3 nitrogen and oxygen atoms in total. The summed E-state index contributed by atoms with van der Waals surface area (Å²) in [5.74, 6) is -0.105. The van der Waals surface area contributed by atoms with E-state index in [1.165, 1.54) is 5.56 Å². The van der Waals surface area contributed by atoms with Crippen molar-refractivity contribution in [1.29, 1.82) is 0 Å². The third-order valence-electron chi connectivity index (χ3n) is 6.27. The lowest BCUT2D eigenvalue weighted by atomic mass is 9.72. The lowest BCUT2D eigenvalue weighted by molar-refractivity contribution is 0.000763. The first kappa shape index (κ1) is 20.8. The second-order valence-electron chi connectivity index (χ2n) is 8.06. The molecule has 3 aromatic carbocycles. The van der Waals surface area contributed by atoms with Gasteiger partial charge in [0, 0.05) is 25.6 Å². The van der Waals surface area contributed by atoms with E-state index in [1.807, 2.05) is 36.4 Å². The predicted octanol–water partition coefficient (Wildman–Crippen LogP) is 4.60. The summed E-state index contributed by atoms with van der Waals surface area (Å²) >= 11 is 0. The standard InChI is InChI=1S/C27H31NO2/c1-2-22-13-15-25(16-14-22)27(29,24-11-7-4-8-12-24)26(23-9-5-3-6-10-23)21-28-17-19-30-20-18-28/h3-16,26,29H,2,17-21H2,1H3/t26-,27+/m0/s1. The van der Waals surface area contributed by atoms with Crippen molar-refractivity contribution >= 4 is 0 Å². The maximum Gasteiger partial charge on any atom is 0.123 e. The van der Waals surface area contributed by atoms with Crippen molar-refractivity contribution in [2.45, 2.75) is 24.9 Å². The minimum atomic E-state index is -1.13. The SMILES string of the molecule is CCc1ccc([C@](O)(c2ccccc2)[C@@H](CN2CCOCC2)c2ccccc2)cc1. The van der Waals surface area contributed by atoms with Gasteiger partial charge in [0.2, 0.25) is 0 Å². The van der Waals surface area contributed by atoms with Gasteiger partial charge >= 0.3 is 0 Å². The van der Waals surface area contributed by atoms with E-state index in [9.17, 15) is 5.11 Å². The molecule has 1 saturated heterocycles. The van der Waals surface area contributed by atoms with Crippen molar-refractivity contribution in [3.63, 3.8) is 0 Å². The van der Waals surface area contributed by atoms with Gasteiger partial charge in [0.25, 0.3) is 0 Å². The highest BCUT2D eigenvalue weighted by Crippen LogP contribution is 2.43. The van der Waals surface area contributed by atoms with Crippen LogP contribution in [-0.4, -0.2) is 42.9 Å². The first-order valence-corrected chi connectivity index (χ1v) is 10.9. The molecule has 1 aliphatic rings. The number of hydrogen-bond acceptors (Lipinski definition) is 3. The second-order valence-corrected chi connectivity index (χ2v) is 8.06. The van der Waals surface area contributed by atoms with Crippen LogP contribution < -0.4 is 0 Å². The second kappa shape index (κ2) is 9.57. The normalized spacial score (nSPS) is 17.9. The van der Waals surface area contributed by atoms with Gasteiger partial charge in [-0.1, -0.05) is 91.9 Å². The fraction of sp³-hybridized carbons (Fsp3) is 0.333. The van der Waals surface area contributed by atoms with E-state index >= 15 is 0 Å². The van der Waals surface area contributed by atoms with E-state index in [1.54, 1.807) is 0 Å². The largest absolute Gasteiger partial charge is 0.380 e. The van der Waals surface area contributed by atoms with E-state index in [0.717, 1.165) is 56.0 Å². The fourth-order valence-corrected chi connectivity index (χ4v) is 4.46. The third kappa shape index (κ3) is 4.34. The smallest absolute Gasteiger partial charge is 0.123 e. The van der Waals surface area contributed by atoms with Crippen LogP contribution in [0.15, 0.2) is 84.9 Å². The summed E-state index contributed by atoms with van der Waals surface area (Å²) in [6.45, 7) is 6.21. The van der Waals surface area contributed by atoms with Gasteiger partial charge in [-0.15, -0.1) is 0 Å². The molecule has 0 aliphatic carbocycles. The average molecular weight is 402 g/mol. The molecule has 0 saturated carbocycles. The highest BCUT2D eigenvalue weighted by atomic mass is 16.5. The van der Waals surface area contributed by atoms with Crippen molar-refractivity contribution in [1.82, 2.24) is 4.90 Å². The van der Waals surface area contributed by atoms with Crippen LogP contribution in [0.3, 0.4) is 0 Å². The maximum atomic E-state index is 12.5. The number of hydrogen-bond donors (Lipinski definition) is 1. The van der Waals surface area contributed by atoms with Gasteiger partial charge in [0.05, 0.1) is 13.2 Å². The van der Waals surface area contributed by atoms with Gasteiger partial charge in [-0.3, -0.25) is 4.90 Å². The zero-order valence-corrected chi connectivity index (χ0v) is 17.7. The average Bonchev–Trinajstić information content (AvgIpc) is 2.84. The molecule has 0 bridgehead atoms. The van der Waals surface area contributed by atoms with Gasteiger partial charge in [-0.25, -0.2) is 0 Å². The van der Waals surface area contributed by atoms with Crippen LogP contribution in [0.1, 0.15) is 35.1 Å². The minimum absolute atomic E-state index is 0.105. The Morgan fingerprint density at radius 2 is 1.40 bits per heavy atom. The van der Waals surface area contributed by atoms with Crippen LogP contribution >= 0.6 is 0 Å². The molecule has 1 N–H and O–H groups in total. The fourth-order valence-electron chi connectivity index (χ4n) is 4.46. The molecule has 0 aromatic heterocycles. The van der Waals surface area contributed by atoms with Gasteiger partial charge in [0.15, 0.2) is 0 Å². The number of ether oxygens (including phenoxy) is 1. The zero-order chi connectivity index (χ0) is 20.8. The van der Waals surface area contributed by atoms with Crippen LogP contribution in [0.5, 0.6) is 0 Å². The lowest BCUT2D eigenvalue weighted by Gasteiger charge is -2.41. The first-order valence-electron chi connectivity index (χ1n) is 10.9. The molecule has 0 amide bonds. The summed E-state index contributed by atoms with van der Waals surface area (Å²) in [6, 6.07) is 29.0. The van der Waals surface area contributed by atoms with Crippen molar-refractivity contribution in [2.75, 3.05) is 32.8 Å². The van der Waals surface area contributed by atoms with Crippen molar-refractivity contribution in [2.24, 2.45) is 0 Å². The van der Waals surface area contributed by atoms with E-state index < -0.39 is 5.60 Å². The highest BCUT2D eigenvalue weighted by Gasteiger charge is 2.42. The molecule has 1 fully saturated rings. The molecule has 1 aliphatic heterocycles. The molecule has 0 spiro atoms. The number of aliphatic hydroxyl groups is 1. The molecule has 30 heavy (non-hydrogen) atoms. The third-order valence-corrected chi connectivity index (χ3v) is 6.27. The minimum Gasteiger partial charge on any atom is -0.380 e. The van der Waals surface area contributed by atoms with E-state index in [4.69, 9.17) is 4.74 Å². The van der Waals surface area contributed by atoms with Gasteiger partial charge < -0.3 is 9.84 Å². The van der Waals surface area contributed by atoms with Crippen molar-refractivity contribution < 1.29 is 9.84 Å². The van der Waals surface area contributed by atoms with Crippen LogP contribution in [0.2, 0.25) is 0 Å². The van der Waals surface area contributed by atoms with Crippen LogP contribution in [0.25, 0.3) is 0 Å². The molecule has 3 heteroatoms. The number of rotatable bonds is 7. The monoisotopic (exact) mass is 401 g/mol. The van der Waals surface area contributed by atoms with Crippen molar-refractivity contribution in [3.8, 4) is 0 Å². The summed E-state index contributed by atoms with van der Waals surface area (Å²) in [7, 11) is 0. The van der Waals surface area contributed by atoms with E-state index in [-0.39, 0.29) is 5.92 Å². The summed E-state index contributed by atoms with van der Waals surface area (Å²) in [5.41, 5.74) is 3.16. The number of benzene rings is 3. The number of morpholine rings is 1. The molecule has 2 atom stereocenters. The lowest BCUT2D eigenvalue weighted by Crippen LogP contribution is -2.45. The maximum absolute atomic E-state index is 12.5. The topological polar surface area (TPSA) is 32.7 Å². The van der Waals surface area contributed by atoms with Crippen molar-refractivity contribution in [3.05, 3.63) is 107 Å². The molecule has 3 aromatic rings. The highest BCUT2D eigenvalue weighted by molar-refractivity contribution is 5.43. The Morgan fingerprint density at radius 1 is 0.833 bits per heavy atom. The Bertz CT molecular complexity index is 905. The summed E-state index contributed by atoms with van der Waals surface area (Å²) in [6.07, 6.45) is 0.986. The van der Waals surface area contributed by atoms with Crippen LogP contribution in [0.4, 0.5) is 0 Å². The molecular formula is C27H31NO2. The van der Waals surface area contributed by atoms with Gasteiger partial charge in [0.1, 0.15) is 5.60 Å². The Balaban J connectivity index is 1.83. The quantitative estimate of drug-likeness (QED) is 0.628. The predicted molar refractivity (Wildman–Crippen MR) is 122 cm³/mol. The van der Waals surface area contributed by atoms with Crippen LogP contribution in [-0.2, 0) is 16.8 Å². The Morgan fingerprint density at radius 3 is 2.00 bits per heavy atom. The number of nitrogens with zero attached hydrogens (tertiary/aromatic N) is 1. The Hall–Kier alpha value is -2.46. The molecule has 0 unspecified atom stereocenters. The zero-order valence-electron chi connectivity index (χ0n) is 17.7. The molecular weight excluding hydrogens is 370 g/mol. The van der Waals surface area contributed by atoms with Crippen LogP contribution in [0, 0.1) is 0 Å². The van der Waals surface area contributed by atoms with Gasteiger partial charge in [-0.05, 0) is 28.7 Å². The molecule has 1 heterocycles. The Kier molecular flexibility index (Phi) is 6.63. The summed E-state index contributed by atoms with van der Waals surface area (Å²) in [4.78, 5) is 2.41. The molecule has 4 rings (SSSR count). The van der Waals surface area contributed by atoms with E-state index in [0.29, 0.717) is 0 Å². The van der Waals surface area contributed by atoms with Gasteiger partial charge in [-0.2, -0.15) is 0 Å². The van der Waals surface area contributed by atoms with E-state index in [2.05, 4.69) is 60.4 Å². The molecule has 0 radical (unpaired) electrons. The summed E-state index contributed by atoms with van der Waals surface area (Å²) < 4.78 is 5.56. The molecule has 156 valence electrons. The first-order chi connectivity index (χ1) is 14.7.